The molecule has 3 aliphatic rings. The molecule has 4 atom stereocenters. The molecule has 4 unspecified atom stereocenters. The third-order valence-electron chi connectivity index (χ3n) is 3.87. The number of fused-ring (bicyclic) bond motifs is 1. The Kier molecular flexibility index (Phi) is 2.04. The summed E-state index contributed by atoms with van der Waals surface area (Å²) in [6, 6.07) is 0.699. The van der Waals surface area contributed by atoms with Crippen molar-refractivity contribution >= 4 is 5.91 Å². The van der Waals surface area contributed by atoms with Gasteiger partial charge in [-0.05, 0) is 6.42 Å². The standard InChI is InChI=1S/C11H18N2O2/c1-6(2)11(14)12-9-8-5-13-4-3-7(15-8)10(9)13/h6-10H,3-5H2,1-2H3,(H,12,14). The Morgan fingerprint density at radius 1 is 1.47 bits per heavy atom. The molecule has 0 saturated carbocycles. The average Bonchev–Trinajstić information content (AvgIpc) is 2.74. The van der Waals surface area contributed by atoms with Gasteiger partial charge in [-0.1, -0.05) is 13.8 Å². The monoisotopic (exact) mass is 210 g/mol. The molecule has 3 fully saturated rings. The summed E-state index contributed by atoms with van der Waals surface area (Å²) in [6.45, 7) is 6.01. The largest absolute Gasteiger partial charge is 0.370 e. The van der Waals surface area contributed by atoms with Gasteiger partial charge in [-0.15, -0.1) is 0 Å². The summed E-state index contributed by atoms with van der Waals surface area (Å²) in [5, 5.41) is 3.14. The Hall–Kier alpha value is -0.610. The van der Waals surface area contributed by atoms with Crippen molar-refractivity contribution in [2.75, 3.05) is 13.1 Å². The molecular weight excluding hydrogens is 192 g/mol. The minimum atomic E-state index is 0.0673. The Morgan fingerprint density at radius 3 is 2.93 bits per heavy atom. The highest BCUT2D eigenvalue weighted by Crippen LogP contribution is 2.39. The van der Waals surface area contributed by atoms with Crippen LogP contribution in [0.2, 0.25) is 0 Å². The number of hydrogen-bond donors (Lipinski definition) is 1. The molecule has 15 heavy (non-hydrogen) atoms. The zero-order valence-corrected chi connectivity index (χ0v) is 9.27. The number of nitrogens with one attached hydrogen (secondary N) is 1. The lowest BCUT2D eigenvalue weighted by Crippen LogP contribution is -2.46. The van der Waals surface area contributed by atoms with Gasteiger partial charge in [0, 0.05) is 19.0 Å². The van der Waals surface area contributed by atoms with Crippen LogP contribution in [0.4, 0.5) is 0 Å². The smallest absolute Gasteiger partial charge is 0.222 e. The first-order chi connectivity index (χ1) is 7.16. The molecule has 0 radical (unpaired) electrons. The Labute approximate surface area is 90.0 Å². The molecule has 2 bridgehead atoms. The van der Waals surface area contributed by atoms with E-state index in [-0.39, 0.29) is 24.0 Å². The van der Waals surface area contributed by atoms with E-state index in [1.165, 1.54) is 0 Å². The molecule has 0 spiro atoms. The molecule has 0 aromatic heterocycles. The van der Waals surface area contributed by atoms with Gasteiger partial charge in [0.1, 0.15) is 0 Å². The van der Waals surface area contributed by atoms with E-state index in [2.05, 4.69) is 10.2 Å². The maximum Gasteiger partial charge on any atom is 0.222 e. The van der Waals surface area contributed by atoms with Crippen molar-refractivity contribution in [3.05, 3.63) is 0 Å². The van der Waals surface area contributed by atoms with Gasteiger partial charge in [0.05, 0.1) is 24.3 Å². The lowest BCUT2D eigenvalue weighted by atomic mass is 10.1. The first kappa shape index (κ1) is 9.60. The van der Waals surface area contributed by atoms with Crippen molar-refractivity contribution in [3.63, 3.8) is 0 Å². The highest BCUT2D eigenvalue weighted by atomic mass is 16.5. The fourth-order valence-corrected chi connectivity index (χ4v) is 3.09. The van der Waals surface area contributed by atoms with Crippen LogP contribution < -0.4 is 5.32 Å². The van der Waals surface area contributed by atoms with Gasteiger partial charge in [0.15, 0.2) is 0 Å². The molecule has 84 valence electrons. The second-order valence-electron chi connectivity index (χ2n) is 5.18. The number of carbonyl (C=O) groups excluding carboxylic acids is 1. The van der Waals surface area contributed by atoms with Crippen molar-refractivity contribution in [1.29, 1.82) is 0 Å². The summed E-state index contributed by atoms with van der Waals surface area (Å²) in [5.41, 5.74) is 0. The molecule has 0 aromatic carbocycles. The topological polar surface area (TPSA) is 41.6 Å². The van der Waals surface area contributed by atoms with Crippen molar-refractivity contribution in [3.8, 4) is 0 Å². The van der Waals surface area contributed by atoms with E-state index < -0.39 is 0 Å². The fraction of sp³-hybridized carbons (Fsp3) is 0.909. The number of carbonyl (C=O) groups is 1. The minimum absolute atomic E-state index is 0.0673. The number of amides is 1. The summed E-state index contributed by atoms with van der Waals surface area (Å²) in [6.07, 6.45) is 1.75. The first-order valence-corrected chi connectivity index (χ1v) is 5.86. The van der Waals surface area contributed by atoms with Crippen LogP contribution in [0.5, 0.6) is 0 Å². The molecule has 4 heteroatoms. The molecule has 0 aliphatic carbocycles. The van der Waals surface area contributed by atoms with Gasteiger partial charge in [-0.3, -0.25) is 9.69 Å². The first-order valence-electron chi connectivity index (χ1n) is 5.86. The zero-order valence-electron chi connectivity index (χ0n) is 9.27. The molecule has 3 saturated heterocycles. The molecule has 3 aliphatic heterocycles. The van der Waals surface area contributed by atoms with Gasteiger partial charge < -0.3 is 10.1 Å². The summed E-state index contributed by atoms with van der Waals surface area (Å²) in [4.78, 5) is 14.1. The Balaban J connectivity index is 1.72. The SMILES string of the molecule is CC(C)C(=O)NC1C2CN3CCC(O2)C13. The van der Waals surface area contributed by atoms with Crippen molar-refractivity contribution < 1.29 is 9.53 Å². The zero-order chi connectivity index (χ0) is 10.6. The second kappa shape index (κ2) is 3.19. The number of hydrogen-bond acceptors (Lipinski definition) is 3. The summed E-state index contributed by atoms with van der Waals surface area (Å²) < 4.78 is 5.89. The van der Waals surface area contributed by atoms with Crippen LogP contribution in [0.25, 0.3) is 0 Å². The molecule has 4 nitrogen and oxygen atoms in total. The van der Waals surface area contributed by atoms with Crippen molar-refractivity contribution in [2.45, 2.75) is 44.6 Å². The van der Waals surface area contributed by atoms with Crippen LogP contribution in [-0.4, -0.2) is 48.2 Å². The van der Waals surface area contributed by atoms with Gasteiger partial charge in [-0.25, -0.2) is 0 Å². The Morgan fingerprint density at radius 2 is 2.27 bits per heavy atom. The van der Waals surface area contributed by atoms with E-state index in [0.717, 1.165) is 19.5 Å². The van der Waals surface area contributed by atoms with E-state index in [4.69, 9.17) is 4.74 Å². The van der Waals surface area contributed by atoms with E-state index in [1.54, 1.807) is 0 Å². The number of morpholine rings is 1. The van der Waals surface area contributed by atoms with Gasteiger partial charge in [0.2, 0.25) is 5.91 Å². The van der Waals surface area contributed by atoms with E-state index in [0.29, 0.717) is 12.1 Å². The van der Waals surface area contributed by atoms with Crippen molar-refractivity contribution in [1.82, 2.24) is 10.2 Å². The van der Waals surface area contributed by atoms with Gasteiger partial charge >= 0.3 is 0 Å². The van der Waals surface area contributed by atoms with Crippen LogP contribution in [0.15, 0.2) is 0 Å². The van der Waals surface area contributed by atoms with Crippen LogP contribution in [0.3, 0.4) is 0 Å². The van der Waals surface area contributed by atoms with E-state index >= 15 is 0 Å². The molecule has 3 heterocycles. The number of nitrogens with zero attached hydrogens (tertiary/aromatic N) is 1. The average molecular weight is 210 g/mol. The summed E-state index contributed by atoms with van der Waals surface area (Å²) >= 11 is 0. The van der Waals surface area contributed by atoms with Gasteiger partial charge in [0.25, 0.3) is 0 Å². The molecular formula is C11H18N2O2. The second-order valence-corrected chi connectivity index (χ2v) is 5.18. The highest BCUT2D eigenvalue weighted by molar-refractivity contribution is 5.78. The third-order valence-corrected chi connectivity index (χ3v) is 3.87. The Bertz CT molecular complexity index is 278. The van der Waals surface area contributed by atoms with E-state index in [9.17, 15) is 4.79 Å². The van der Waals surface area contributed by atoms with Crippen LogP contribution in [0, 0.1) is 5.92 Å². The molecule has 1 amide bonds. The molecule has 3 rings (SSSR count). The van der Waals surface area contributed by atoms with Crippen LogP contribution in [-0.2, 0) is 9.53 Å². The predicted octanol–water partition coefficient (Wildman–Crippen LogP) is -0.0175. The maximum atomic E-state index is 11.7. The van der Waals surface area contributed by atoms with Crippen LogP contribution in [0.1, 0.15) is 20.3 Å². The lowest BCUT2D eigenvalue weighted by Gasteiger charge is -2.22. The molecule has 1 N–H and O–H groups in total. The molecule has 0 aromatic rings. The normalized spacial score (nSPS) is 42.9. The van der Waals surface area contributed by atoms with Crippen molar-refractivity contribution in [2.24, 2.45) is 5.92 Å². The number of ether oxygens (including phenoxy) is 1. The third kappa shape index (κ3) is 1.31. The fourth-order valence-electron chi connectivity index (χ4n) is 3.09. The lowest BCUT2D eigenvalue weighted by molar-refractivity contribution is -0.125. The maximum absolute atomic E-state index is 11.7. The minimum Gasteiger partial charge on any atom is -0.370 e. The van der Waals surface area contributed by atoms with Crippen LogP contribution >= 0.6 is 0 Å². The highest BCUT2D eigenvalue weighted by Gasteiger charge is 2.57. The number of rotatable bonds is 2. The predicted molar refractivity (Wildman–Crippen MR) is 55.4 cm³/mol. The summed E-state index contributed by atoms with van der Waals surface area (Å²) in [7, 11) is 0. The van der Waals surface area contributed by atoms with E-state index in [1.807, 2.05) is 13.8 Å². The van der Waals surface area contributed by atoms with Gasteiger partial charge in [-0.2, -0.15) is 0 Å². The quantitative estimate of drug-likeness (QED) is 0.696. The summed E-state index contributed by atoms with van der Waals surface area (Å²) in [5.74, 6) is 0.223.